The predicted molar refractivity (Wildman–Crippen MR) is 134 cm³/mol. The van der Waals surface area contributed by atoms with Gasteiger partial charge in [-0.05, 0) is 40.6 Å². The number of nitrogens with one attached hydrogen (secondary N) is 1. The average Bonchev–Trinajstić information content (AvgIpc) is 3.21. The van der Waals surface area contributed by atoms with Crippen LogP contribution in [0.5, 0.6) is 0 Å². The normalized spacial score (nSPS) is 11.2. The number of nitrogens with zero attached hydrogens (tertiary/aromatic N) is 1. The summed E-state index contributed by atoms with van der Waals surface area (Å²) in [5.74, 6) is 0.316. The monoisotopic (exact) mass is 454 g/mol. The van der Waals surface area contributed by atoms with Crippen molar-refractivity contribution in [2.75, 3.05) is 6.54 Å². The third-order valence-electron chi connectivity index (χ3n) is 5.74. The summed E-state index contributed by atoms with van der Waals surface area (Å²) in [4.78, 5) is 13.8. The molecule has 4 aromatic carbocycles. The molecule has 0 fully saturated rings. The van der Waals surface area contributed by atoms with Crippen molar-refractivity contribution in [3.05, 3.63) is 114 Å². The molecule has 0 aliphatic carbocycles. The molecule has 0 saturated heterocycles. The van der Waals surface area contributed by atoms with Crippen molar-refractivity contribution < 1.29 is 9.18 Å². The van der Waals surface area contributed by atoms with E-state index < -0.39 is 0 Å². The van der Waals surface area contributed by atoms with Crippen molar-refractivity contribution in [2.45, 2.75) is 17.2 Å². The summed E-state index contributed by atoms with van der Waals surface area (Å²) >= 11 is 1.63. The largest absolute Gasteiger partial charge is 0.350 e. The number of para-hydroxylation sites is 1. The van der Waals surface area contributed by atoms with Crippen LogP contribution >= 0.6 is 11.8 Å². The highest BCUT2D eigenvalue weighted by molar-refractivity contribution is 7.98. The van der Waals surface area contributed by atoms with Gasteiger partial charge in [0, 0.05) is 46.4 Å². The number of amides is 1. The molecule has 1 heterocycles. The van der Waals surface area contributed by atoms with Crippen LogP contribution in [0.25, 0.3) is 21.7 Å². The Bertz CT molecular complexity index is 1440. The van der Waals surface area contributed by atoms with E-state index in [1.165, 1.54) is 6.07 Å². The molecular formula is C28H23FN2OS. The van der Waals surface area contributed by atoms with Crippen LogP contribution in [-0.2, 0) is 12.3 Å². The minimum atomic E-state index is -0.176. The second kappa shape index (κ2) is 9.51. The van der Waals surface area contributed by atoms with Crippen LogP contribution in [0.1, 0.15) is 15.9 Å². The Morgan fingerprint density at radius 3 is 2.52 bits per heavy atom. The van der Waals surface area contributed by atoms with Gasteiger partial charge in [0.05, 0.1) is 0 Å². The number of aromatic nitrogens is 1. The van der Waals surface area contributed by atoms with Crippen molar-refractivity contribution in [3.8, 4) is 0 Å². The van der Waals surface area contributed by atoms with Gasteiger partial charge in [0.25, 0.3) is 5.91 Å². The van der Waals surface area contributed by atoms with E-state index in [2.05, 4.69) is 28.2 Å². The number of carbonyl (C=O) groups excluding carboxylic acids is 1. The molecule has 0 unspecified atom stereocenters. The van der Waals surface area contributed by atoms with Gasteiger partial charge < -0.3 is 9.88 Å². The highest BCUT2D eigenvalue weighted by Crippen LogP contribution is 2.32. The summed E-state index contributed by atoms with van der Waals surface area (Å²) in [5.41, 5.74) is 2.46. The van der Waals surface area contributed by atoms with E-state index in [1.807, 2.05) is 66.7 Å². The molecule has 1 N–H and O–H groups in total. The van der Waals surface area contributed by atoms with Gasteiger partial charge in [0.2, 0.25) is 0 Å². The first-order valence-electron chi connectivity index (χ1n) is 10.9. The van der Waals surface area contributed by atoms with Crippen LogP contribution in [0, 0.1) is 5.82 Å². The lowest BCUT2D eigenvalue weighted by atomic mass is 10.1. The van der Waals surface area contributed by atoms with E-state index in [0.29, 0.717) is 30.0 Å². The molecule has 0 bridgehead atoms. The van der Waals surface area contributed by atoms with Crippen molar-refractivity contribution in [1.29, 1.82) is 0 Å². The third-order valence-corrected chi connectivity index (χ3v) is 6.83. The van der Waals surface area contributed by atoms with Crippen LogP contribution in [0.15, 0.2) is 102 Å². The maximum Gasteiger partial charge on any atom is 0.251 e. The zero-order valence-corrected chi connectivity index (χ0v) is 18.8. The number of fused-ring (bicyclic) bond motifs is 2. The summed E-state index contributed by atoms with van der Waals surface area (Å²) in [6.07, 6.45) is 2.10. The maximum atomic E-state index is 14.0. The molecule has 1 aromatic heterocycles. The van der Waals surface area contributed by atoms with Gasteiger partial charge in [0.15, 0.2) is 0 Å². The van der Waals surface area contributed by atoms with E-state index in [-0.39, 0.29) is 11.7 Å². The predicted octanol–water partition coefficient (Wildman–Crippen LogP) is 6.66. The molecule has 0 aliphatic heterocycles. The molecule has 164 valence electrons. The quantitative estimate of drug-likeness (QED) is 0.279. The summed E-state index contributed by atoms with van der Waals surface area (Å²) < 4.78 is 16.2. The minimum absolute atomic E-state index is 0.0774. The van der Waals surface area contributed by atoms with Crippen LogP contribution < -0.4 is 5.32 Å². The van der Waals surface area contributed by atoms with Crippen molar-refractivity contribution in [3.63, 3.8) is 0 Å². The van der Waals surface area contributed by atoms with Gasteiger partial charge in [0.1, 0.15) is 5.82 Å². The summed E-state index contributed by atoms with van der Waals surface area (Å²) in [7, 11) is 0. The SMILES string of the molecule is O=C(NCCn1cc(SCc2ccccc2F)c2ccccc21)c1ccc2ccccc2c1. The van der Waals surface area contributed by atoms with Crippen molar-refractivity contribution >= 4 is 39.3 Å². The average molecular weight is 455 g/mol. The van der Waals surface area contributed by atoms with Gasteiger partial charge in [-0.2, -0.15) is 0 Å². The zero-order chi connectivity index (χ0) is 22.6. The molecular weight excluding hydrogens is 431 g/mol. The van der Waals surface area contributed by atoms with Crippen LogP contribution in [0.4, 0.5) is 4.39 Å². The topological polar surface area (TPSA) is 34.0 Å². The Balaban J connectivity index is 1.27. The first kappa shape index (κ1) is 21.3. The van der Waals surface area contributed by atoms with Crippen molar-refractivity contribution in [1.82, 2.24) is 9.88 Å². The molecule has 0 spiro atoms. The number of thioether (sulfide) groups is 1. The second-order valence-corrected chi connectivity index (χ2v) is 8.92. The first-order valence-corrected chi connectivity index (χ1v) is 11.9. The molecule has 0 radical (unpaired) electrons. The lowest BCUT2D eigenvalue weighted by Gasteiger charge is -2.08. The third kappa shape index (κ3) is 4.64. The highest BCUT2D eigenvalue weighted by Gasteiger charge is 2.11. The molecule has 1 amide bonds. The van der Waals surface area contributed by atoms with E-state index >= 15 is 0 Å². The lowest BCUT2D eigenvalue weighted by Crippen LogP contribution is -2.27. The molecule has 0 saturated carbocycles. The Morgan fingerprint density at radius 2 is 1.64 bits per heavy atom. The fourth-order valence-electron chi connectivity index (χ4n) is 4.01. The molecule has 5 aromatic rings. The van der Waals surface area contributed by atoms with Gasteiger partial charge in [-0.15, -0.1) is 11.8 Å². The fraction of sp³-hybridized carbons (Fsp3) is 0.107. The Kier molecular flexibility index (Phi) is 6.13. The number of halogens is 1. The number of benzene rings is 4. The van der Waals surface area contributed by atoms with Crippen LogP contribution in [0.3, 0.4) is 0 Å². The number of hydrogen-bond donors (Lipinski definition) is 1. The van der Waals surface area contributed by atoms with Crippen LogP contribution in [-0.4, -0.2) is 17.0 Å². The Hall–Kier alpha value is -3.57. The smallest absolute Gasteiger partial charge is 0.251 e. The maximum absolute atomic E-state index is 14.0. The van der Waals surface area contributed by atoms with Gasteiger partial charge >= 0.3 is 0 Å². The molecule has 3 nitrogen and oxygen atoms in total. The zero-order valence-electron chi connectivity index (χ0n) is 18.0. The van der Waals surface area contributed by atoms with E-state index in [4.69, 9.17) is 0 Å². The highest BCUT2D eigenvalue weighted by atomic mass is 32.2. The van der Waals surface area contributed by atoms with E-state index in [9.17, 15) is 9.18 Å². The molecule has 33 heavy (non-hydrogen) atoms. The van der Waals surface area contributed by atoms with E-state index in [0.717, 1.165) is 26.6 Å². The van der Waals surface area contributed by atoms with Gasteiger partial charge in [-0.1, -0.05) is 66.7 Å². The summed E-state index contributed by atoms with van der Waals surface area (Å²) in [6, 6.07) is 28.9. The fourth-order valence-corrected chi connectivity index (χ4v) is 5.08. The van der Waals surface area contributed by atoms with Crippen LogP contribution in [0.2, 0.25) is 0 Å². The lowest BCUT2D eigenvalue weighted by molar-refractivity contribution is 0.0952. The number of rotatable bonds is 7. The van der Waals surface area contributed by atoms with E-state index in [1.54, 1.807) is 17.8 Å². The van der Waals surface area contributed by atoms with Gasteiger partial charge in [-0.25, -0.2) is 4.39 Å². The number of carbonyl (C=O) groups is 1. The number of hydrogen-bond acceptors (Lipinski definition) is 2. The second-order valence-electron chi connectivity index (χ2n) is 7.90. The molecule has 5 rings (SSSR count). The molecule has 5 heteroatoms. The molecule has 0 atom stereocenters. The Labute approximate surface area is 196 Å². The minimum Gasteiger partial charge on any atom is -0.350 e. The van der Waals surface area contributed by atoms with Gasteiger partial charge in [-0.3, -0.25) is 4.79 Å². The summed E-state index contributed by atoms with van der Waals surface area (Å²) in [6.45, 7) is 1.17. The first-order chi connectivity index (χ1) is 16.2. The Morgan fingerprint density at radius 1 is 0.879 bits per heavy atom. The van der Waals surface area contributed by atoms with Crippen molar-refractivity contribution in [2.24, 2.45) is 0 Å². The molecule has 0 aliphatic rings. The summed E-state index contributed by atoms with van der Waals surface area (Å²) in [5, 5.41) is 6.35. The standard InChI is InChI=1S/C28H23FN2OS/c29-25-11-5-3-9-23(25)19-33-27-18-31(26-12-6-4-10-24(26)27)16-15-30-28(32)22-14-13-20-7-1-2-8-21(20)17-22/h1-14,17-18H,15-16,19H2,(H,30,32).